The molecule has 1 aromatic rings. The van der Waals surface area contributed by atoms with Gasteiger partial charge >= 0.3 is 0 Å². The predicted octanol–water partition coefficient (Wildman–Crippen LogP) is 2.58. The first-order valence-electron chi connectivity index (χ1n) is 8.55. The van der Waals surface area contributed by atoms with E-state index in [0.717, 1.165) is 19.5 Å². The van der Waals surface area contributed by atoms with E-state index in [4.69, 9.17) is 26.8 Å². The number of nitrogens with one attached hydrogen (secondary N) is 1. The van der Waals surface area contributed by atoms with Crippen molar-refractivity contribution in [3.8, 4) is 17.6 Å². The van der Waals surface area contributed by atoms with Crippen molar-refractivity contribution in [2.75, 3.05) is 33.0 Å². The number of ether oxygens (including phenoxy) is 2. The molecule has 8 heteroatoms. The molecule has 3 N–H and O–H groups in total. The maximum atomic E-state index is 12.9. The molecule has 150 valence electrons. The molecule has 0 aromatic heterocycles. The molecule has 1 fully saturated rings. The van der Waals surface area contributed by atoms with Crippen LogP contribution >= 0.6 is 24.0 Å². The Bertz CT molecular complexity index is 718. The van der Waals surface area contributed by atoms with E-state index in [1.54, 1.807) is 27.0 Å². The molecule has 0 radical (unpaired) electrons. The zero-order valence-corrected chi connectivity index (χ0v) is 17.6. The Balaban J connectivity index is 0.00000364. The smallest absolute Gasteiger partial charge is 0.255 e. The van der Waals surface area contributed by atoms with Gasteiger partial charge in [0.25, 0.3) is 5.91 Å². The number of halogens is 2. The summed E-state index contributed by atoms with van der Waals surface area (Å²) in [4.78, 5) is 15.1. The lowest BCUT2D eigenvalue weighted by Crippen LogP contribution is -2.53. The zero-order valence-electron chi connectivity index (χ0n) is 16.0. The summed E-state index contributed by atoms with van der Waals surface area (Å²) >= 11 is 6.13. The number of benzene rings is 1. The van der Waals surface area contributed by atoms with E-state index in [1.807, 2.05) is 7.05 Å². The molecule has 6 nitrogen and oxygen atoms in total. The molecular formula is C19H27Cl2N3O3. The predicted molar refractivity (Wildman–Crippen MR) is 111 cm³/mol. The van der Waals surface area contributed by atoms with Gasteiger partial charge in [0.05, 0.1) is 28.4 Å². The van der Waals surface area contributed by atoms with Crippen LogP contribution in [0.3, 0.4) is 0 Å². The number of nitrogens with two attached hydrogens (primary N) is 1. The summed E-state index contributed by atoms with van der Waals surface area (Å²) in [5, 5.41) is 3.35. The number of carbonyl (C=O) groups is 1. The van der Waals surface area contributed by atoms with Crippen LogP contribution in [-0.2, 0) is 4.74 Å². The molecule has 27 heavy (non-hydrogen) atoms. The number of piperidine rings is 1. The number of nitrogens with zero attached hydrogens (tertiary/aromatic N) is 1. The van der Waals surface area contributed by atoms with Crippen LogP contribution in [0.15, 0.2) is 12.1 Å². The SMILES string of the molecule is CC#C[C@H](C)Oc1cc(N)c(Cl)cc1C(=O)NC1CCN(C)CC1OC.Cl. The van der Waals surface area contributed by atoms with Crippen molar-refractivity contribution >= 4 is 35.6 Å². The molecule has 0 bridgehead atoms. The summed E-state index contributed by atoms with van der Waals surface area (Å²) in [5.41, 5.74) is 6.56. The third kappa shape index (κ3) is 6.18. The monoisotopic (exact) mass is 415 g/mol. The summed E-state index contributed by atoms with van der Waals surface area (Å²) in [5.74, 6) is 5.78. The number of hydrogen-bond acceptors (Lipinski definition) is 5. The van der Waals surface area contributed by atoms with E-state index in [1.165, 1.54) is 6.07 Å². The molecule has 0 spiro atoms. The minimum Gasteiger partial charge on any atom is -0.477 e. The third-order valence-electron chi connectivity index (χ3n) is 4.38. The Morgan fingerprint density at radius 2 is 2.19 bits per heavy atom. The topological polar surface area (TPSA) is 76.8 Å². The number of hydrogen-bond donors (Lipinski definition) is 2. The van der Waals surface area contributed by atoms with Crippen molar-refractivity contribution in [2.45, 2.75) is 38.5 Å². The minimum atomic E-state index is -0.373. The van der Waals surface area contributed by atoms with Crippen LogP contribution in [0.2, 0.25) is 5.02 Å². The second-order valence-electron chi connectivity index (χ2n) is 6.43. The maximum absolute atomic E-state index is 12.9. The standard InChI is InChI=1S/C19H26ClN3O3.ClH/c1-5-6-12(2)26-17-10-15(21)14(20)9-13(17)19(24)22-16-7-8-23(3)11-18(16)25-4;/h9-10,12,16,18H,7-8,11,21H2,1-4H3,(H,22,24);1H/t12-,16?,18?;/m0./s1. The normalized spacial score (nSPS) is 20.6. The van der Waals surface area contributed by atoms with Gasteiger partial charge in [0.2, 0.25) is 0 Å². The molecule has 1 heterocycles. The molecule has 1 aliphatic heterocycles. The maximum Gasteiger partial charge on any atom is 0.255 e. The Morgan fingerprint density at radius 1 is 1.48 bits per heavy atom. The van der Waals surface area contributed by atoms with Crippen molar-refractivity contribution in [1.82, 2.24) is 10.2 Å². The van der Waals surface area contributed by atoms with Gasteiger partial charge in [0.15, 0.2) is 6.10 Å². The lowest BCUT2D eigenvalue weighted by molar-refractivity contribution is 0.0141. The lowest BCUT2D eigenvalue weighted by atomic mass is 10.0. The number of rotatable bonds is 5. The largest absolute Gasteiger partial charge is 0.477 e. The first-order chi connectivity index (χ1) is 12.3. The fourth-order valence-electron chi connectivity index (χ4n) is 2.99. The molecule has 3 atom stereocenters. The summed E-state index contributed by atoms with van der Waals surface area (Å²) in [7, 11) is 3.69. The highest BCUT2D eigenvalue weighted by atomic mass is 35.5. The second-order valence-corrected chi connectivity index (χ2v) is 6.84. The van der Waals surface area contributed by atoms with Gasteiger partial charge in [-0.25, -0.2) is 0 Å². The number of methoxy groups -OCH3 is 1. The molecule has 0 aliphatic carbocycles. The average molecular weight is 416 g/mol. The van der Waals surface area contributed by atoms with Crippen molar-refractivity contribution < 1.29 is 14.3 Å². The van der Waals surface area contributed by atoms with Gasteiger partial charge in [-0.2, -0.15) is 0 Å². The van der Waals surface area contributed by atoms with Crippen LogP contribution in [0, 0.1) is 11.8 Å². The highest BCUT2D eigenvalue weighted by Crippen LogP contribution is 2.30. The molecule has 1 amide bonds. The van der Waals surface area contributed by atoms with Crippen LogP contribution in [-0.4, -0.2) is 56.3 Å². The quantitative estimate of drug-likeness (QED) is 0.570. The average Bonchev–Trinajstić information content (AvgIpc) is 2.59. The fourth-order valence-corrected chi connectivity index (χ4v) is 3.15. The van der Waals surface area contributed by atoms with Crippen LogP contribution in [0.5, 0.6) is 5.75 Å². The van der Waals surface area contributed by atoms with E-state index in [9.17, 15) is 4.79 Å². The lowest BCUT2D eigenvalue weighted by Gasteiger charge is -2.36. The fraction of sp³-hybridized carbons (Fsp3) is 0.526. The van der Waals surface area contributed by atoms with E-state index in [2.05, 4.69) is 22.1 Å². The van der Waals surface area contributed by atoms with Crippen LogP contribution < -0.4 is 15.8 Å². The van der Waals surface area contributed by atoms with Crippen LogP contribution in [0.4, 0.5) is 5.69 Å². The van der Waals surface area contributed by atoms with Crippen molar-refractivity contribution in [3.63, 3.8) is 0 Å². The highest BCUT2D eigenvalue weighted by molar-refractivity contribution is 6.33. The Hall–Kier alpha value is -1.65. The van der Waals surface area contributed by atoms with E-state index >= 15 is 0 Å². The first-order valence-corrected chi connectivity index (χ1v) is 8.93. The van der Waals surface area contributed by atoms with Gasteiger partial charge < -0.3 is 25.4 Å². The summed E-state index contributed by atoms with van der Waals surface area (Å²) in [6.45, 7) is 5.19. The Labute approximate surface area is 172 Å². The number of likely N-dealkylation sites (tertiary alicyclic amines) is 1. The summed E-state index contributed by atoms with van der Waals surface area (Å²) in [6.07, 6.45) is 0.357. The summed E-state index contributed by atoms with van der Waals surface area (Å²) < 4.78 is 11.3. The zero-order chi connectivity index (χ0) is 19.3. The van der Waals surface area contributed by atoms with E-state index < -0.39 is 0 Å². The second kappa shape index (κ2) is 10.6. The van der Waals surface area contributed by atoms with Crippen LogP contribution in [0.1, 0.15) is 30.6 Å². The molecule has 2 rings (SSSR count). The van der Waals surface area contributed by atoms with Crippen molar-refractivity contribution in [3.05, 3.63) is 22.7 Å². The van der Waals surface area contributed by atoms with Crippen molar-refractivity contribution in [2.24, 2.45) is 0 Å². The van der Waals surface area contributed by atoms with Gasteiger partial charge in [-0.1, -0.05) is 17.5 Å². The third-order valence-corrected chi connectivity index (χ3v) is 4.70. The number of amides is 1. The van der Waals surface area contributed by atoms with Gasteiger partial charge in [-0.3, -0.25) is 4.79 Å². The highest BCUT2D eigenvalue weighted by Gasteiger charge is 2.30. The molecular weight excluding hydrogens is 389 g/mol. The number of likely N-dealkylation sites (N-methyl/N-ethyl adjacent to an activating group) is 1. The summed E-state index contributed by atoms with van der Waals surface area (Å²) in [6, 6.07) is 3.01. The molecule has 1 saturated heterocycles. The van der Waals surface area contributed by atoms with E-state index in [0.29, 0.717) is 22.0 Å². The molecule has 2 unspecified atom stereocenters. The Kier molecular flexibility index (Phi) is 9.20. The number of nitrogen functional groups attached to an aromatic ring is 1. The minimum absolute atomic E-state index is 0. The van der Waals surface area contributed by atoms with Crippen molar-refractivity contribution in [1.29, 1.82) is 0 Å². The molecule has 1 aliphatic rings. The van der Waals surface area contributed by atoms with E-state index in [-0.39, 0.29) is 36.6 Å². The molecule has 1 aromatic carbocycles. The van der Waals surface area contributed by atoms with Gasteiger partial charge in [0, 0.05) is 19.7 Å². The Morgan fingerprint density at radius 3 is 2.81 bits per heavy atom. The van der Waals surface area contributed by atoms with Gasteiger partial charge in [0.1, 0.15) is 5.75 Å². The first kappa shape index (κ1) is 23.4. The van der Waals surface area contributed by atoms with Gasteiger partial charge in [-0.05, 0) is 39.9 Å². The van der Waals surface area contributed by atoms with Gasteiger partial charge in [-0.15, -0.1) is 18.3 Å². The number of anilines is 1. The number of carbonyl (C=O) groups excluding carboxylic acids is 1. The van der Waals surface area contributed by atoms with Crippen LogP contribution in [0.25, 0.3) is 0 Å². The molecule has 0 saturated carbocycles.